The highest BCUT2D eigenvalue weighted by Crippen LogP contribution is 2.32. The predicted octanol–water partition coefficient (Wildman–Crippen LogP) is 2.95. The number of rotatable bonds is 2. The summed E-state index contributed by atoms with van der Waals surface area (Å²) in [5.41, 5.74) is 0.0923. The maximum atomic E-state index is 12.4. The first-order valence-corrected chi connectivity index (χ1v) is 6.64. The molecule has 1 atom stereocenters. The van der Waals surface area contributed by atoms with Crippen molar-refractivity contribution < 1.29 is 18.0 Å². The Morgan fingerprint density at radius 3 is 2.50 bits per heavy atom. The number of carbonyl (C=O) groups excluding carboxylic acids is 1. The summed E-state index contributed by atoms with van der Waals surface area (Å²) in [6, 6.07) is 4.92. The molecule has 0 aromatic heterocycles. The third-order valence-electron chi connectivity index (χ3n) is 2.93. The van der Waals surface area contributed by atoms with Crippen molar-refractivity contribution in [2.45, 2.75) is 12.2 Å². The van der Waals surface area contributed by atoms with Gasteiger partial charge in [0.1, 0.15) is 0 Å². The van der Waals surface area contributed by atoms with E-state index in [0.29, 0.717) is 6.54 Å². The smallest absolute Gasteiger partial charge is 0.337 e. The van der Waals surface area contributed by atoms with E-state index in [9.17, 15) is 18.0 Å². The zero-order chi connectivity index (χ0) is 13.2. The molecule has 1 aromatic rings. The summed E-state index contributed by atoms with van der Waals surface area (Å²) in [5, 5.41) is 0. The largest absolute Gasteiger partial charge is 0.416 e. The molecule has 1 fully saturated rings. The lowest BCUT2D eigenvalue weighted by Gasteiger charge is -2.32. The first-order chi connectivity index (χ1) is 8.52. The second-order valence-electron chi connectivity index (χ2n) is 4.05. The first-order valence-electron chi connectivity index (χ1n) is 5.48. The highest BCUT2D eigenvalue weighted by molar-refractivity contribution is 7.99. The number of alkyl halides is 3. The average molecular weight is 275 g/mol. The maximum absolute atomic E-state index is 12.4. The molecule has 2 rings (SSSR count). The number of thioether (sulfide) groups is 1. The van der Waals surface area contributed by atoms with Gasteiger partial charge in [0, 0.05) is 18.1 Å². The van der Waals surface area contributed by atoms with Crippen molar-refractivity contribution in [1.82, 2.24) is 4.90 Å². The van der Waals surface area contributed by atoms with E-state index in [-0.39, 0.29) is 6.04 Å². The van der Waals surface area contributed by atoms with Gasteiger partial charge in [0.25, 0.3) is 0 Å². The molecule has 1 saturated heterocycles. The lowest BCUT2D eigenvalue weighted by Crippen LogP contribution is -2.34. The molecule has 18 heavy (non-hydrogen) atoms. The molecule has 0 aliphatic carbocycles. The van der Waals surface area contributed by atoms with E-state index in [1.165, 1.54) is 12.1 Å². The van der Waals surface area contributed by atoms with Gasteiger partial charge < -0.3 is 4.90 Å². The van der Waals surface area contributed by atoms with Crippen LogP contribution in [0.1, 0.15) is 17.2 Å². The molecule has 6 heteroatoms. The van der Waals surface area contributed by atoms with E-state index in [2.05, 4.69) is 0 Å². The number of amides is 1. The van der Waals surface area contributed by atoms with E-state index in [1.54, 1.807) is 16.7 Å². The zero-order valence-electron chi connectivity index (χ0n) is 9.48. The van der Waals surface area contributed by atoms with E-state index in [1.807, 2.05) is 0 Å². The van der Waals surface area contributed by atoms with Crippen LogP contribution in [0.5, 0.6) is 0 Å². The summed E-state index contributed by atoms with van der Waals surface area (Å²) in [7, 11) is 0. The van der Waals surface area contributed by atoms with Gasteiger partial charge in [-0.2, -0.15) is 24.9 Å². The molecular formula is C12H12F3NOS. The Balaban J connectivity index is 2.20. The van der Waals surface area contributed by atoms with Crippen LogP contribution in [0.3, 0.4) is 0 Å². The minimum atomic E-state index is -4.32. The number of nitrogens with zero attached hydrogens (tertiary/aromatic N) is 1. The van der Waals surface area contributed by atoms with Gasteiger partial charge >= 0.3 is 6.18 Å². The van der Waals surface area contributed by atoms with Crippen LogP contribution in [0.2, 0.25) is 0 Å². The Hall–Kier alpha value is -1.17. The predicted molar refractivity (Wildman–Crippen MR) is 64.3 cm³/mol. The van der Waals surface area contributed by atoms with Crippen molar-refractivity contribution in [2.75, 3.05) is 18.1 Å². The summed E-state index contributed by atoms with van der Waals surface area (Å²) in [6.45, 7) is 0.639. The quantitative estimate of drug-likeness (QED) is 0.773. The van der Waals surface area contributed by atoms with Crippen LogP contribution in [0.25, 0.3) is 0 Å². The molecule has 0 saturated carbocycles. The van der Waals surface area contributed by atoms with Crippen molar-refractivity contribution in [3.05, 3.63) is 35.4 Å². The third kappa shape index (κ3) is 2.80. The fraction of sp³-hybridized carbons (Fsp3) is 0.417. The molecule has 0 spiro atoms. The van der Waals surface area contributed by atoms with Gasteiger partial charge in [-0.1, -0.05) is 12.1 Å². The van der Waals surface area contributed by atoms with Crippen LogP contribution in [0.15, 0.2) is 24.3 Å². The Morgan fingerprint density at radius 1 is 1.28 bits per heavy atom. The molecule has 1 aromatic carbocycles. The van der Waals surface area contributed by atoms with Crippen molar-refractivity contribution in [3.8, 4) is 0 Å². The minimum Gasteiger partial charge on any atom is -0.337 e. The van der Waals surface area contributed by atoms with E-state index in [0.717, 1.165) is 35.6 Å². The Morgan fingerprint density at radius 2 is 1.94 bits per heavy atom. The zero-order valence-corrected chi connectivity index (χ0v) is 10.3. The number of hydrogen-bond acceptors (Lipinski definition) is 2. The van der Waals surface area contributed by atoms with Gasteiger partial charge in [-0.05, 0) is 17.7 Å². The van der Waals surface area contributed by atoms with Gasteiger partial charge in [0.2, 0.25) is 6.41 Å². The fourth-order valence-electron chi connectivity index (χ4n) is 1.92. The van der Waals surface area contributed by atoms with Gasteiger partial charge in [0.15, 0.2) is 0 Å². The number of benzene rings is 1. The summed E-state index contributed by atoms with van der Waals surface area (Å²) >= 11 is 1.70. The molecule has 1 heterocycles. The minimum absolute atomic E-state index is 0.122. The first kappa shape index (κ1) is 13.3. The average Bonchev–Trinajstić information content (AvgIpc) is 2.38. The van der Waals surface area contributed by atoms with Crippen molar-refractivity contribution >= 4 is 18.2 Å². The van der Waals surface area contributed by atoms with E-state index in [4.69, 9.17) is 0 Å². The van der Waals surface area contributed by atoms with Crippen LogP contribution < -0.4 is 0 Å². The molecule has 0 N–H and O–H groups in total. The van der Waals surface area contributed by atoms with Crippen LogP contribution in [0.4, 0.5) is 13.2 Å². The van der Waals surface area contributed by atoms with Gasteiger partial charge in [-0.25, -0.2) is 0 Å². The molecule has 1 aliphatic heterocycles. The fourth-order valence-corrected chi connectivity index (χ4v) is 3.04. The van der Waals surface area contributed by atoms with Crippen LogP contribution in [0, 0.1) is 0 Å². The number of hydrogen-bond donors (Lipinski definition) is 0. The van der Waals surface area contributed by atoms with E-state index >= 15 is 0 Å². The lowest BCUT2D eigenvalue weighted by atomic mass is 10.0. The highest BCUT2D eigenvalue weighted by Gasteiger charge is 2.31. The van der Waals surface area contributed by atoms with Crippen LogP contribution in [-0.4, -0.2) is 29.4 Å². The topological polar surface area (TPSA) is 20.3 Å². The molecule has 0 bridgehead atoms. The Labute approximate surface area is 107 Å². The van der Waals surface area contributed by atoms with Crippen molar-refractivity contribution in [2.24, 2.45) is 0 Å². The van der Waals surface area contributed by atoms with E-state index < -0.39 is 11.7 Å². The van der Waals surface area contributed by atoms with Crippen LogP contribution >= 0.6 is 11.8 Å². The van der Waals surface area contributed by atoms with Gasteiger partial charge in [-0.15, -0.1) is 0 Å². The molecule has 0 unspecified atom stereocenters. The monoisotopic (exact) mass is 275 g/mol. The summed E-state index contributed by atoms with van der Waals surface area (Å²) in [6.07, 6.45) is -3.55. The number of halogens is 3. The summed E-state index contributed by atoms with van der Waals surface area (Å²) < 4.78 is 37.3. The Kier molecular flexibility index (Phi) is 3.85. The van der Waals surface area contributed by atoms with Crippen molar-refractivity contribution in [1.29, 1.82) is 0 Å². The van der Waals surface area contributed by atoms with Crippen LogP contribution in [-0.2, 0) is 11.0 Å². The second kappa shape index (κ2) is 5.22. The Bertz CT molecular complexity index is 418. The summed E-state index contributed by atoms with van der Waals surface area (Å²) in [5.74, 6) is 1.60. The van der Waals surface area contributed by atoms with Gasteiger partial charge in [-0.3, -0.25) is 4.79 Å². The molecule has 2 nitrogen and oxygen atoms in total. The highest BCUT2D eigenvalue weighted by atomic mass is 32.2. The third-order valence-corrected chi connectivity index (χ3v) is 3.95. The summed E-state index contributed by atoms with van der Waals surface area (Å²) in [4.78, 5) is 12.5. The van der Waals surface area contributed by atoms with Gasteiger partial charge in [0.05, 0.1) is 11.6 Å². The van der Waals surface area contributed by atoms with Crippen molar-refractivity contribution in [3.63, 3.8) is 0 Å². The number of carbonyl (C=O) groups is 1. The molecule has 0 radical (unpaired) electrons. The lowest BCUT2D eigenvalue weighted by molar-refractivity contribution is -0.137. The standard InChI is InChI=1S/C12H12F3NOS/c13-12(14,15)10-3-1-9(2-4-10)11-7-18-6-5-16(11)8-17/h1-4,8,11H,5-7H2/t11-/m1/s1. The normalized spacial score (nSPS) is 20.8. The molecule has 98 valence electrons. The second-order valence-corrected chi connectivity index (χ2v) is 5.20. The SMILES string of the molecule is O=CN1CCSC[C@@H]1c1ccc(C(F)(F)F)cc1. The molecule has 1 aliphatic rings. The molecular weight excluding hydrogens is 263 g/mol. The molecule has 1 amide bonds. The maximum Gasteiger partial charge on any atom is 0.416 e.